The summed E-state index contributed by atoms with van der Waals surface area (Å²) in [6.45, 7) is 3.47. The van der Waals surface area contributed by atoms with Crippen LogP contribution in [0.2, 0.25) is 0 Å². The molecule has 0 fully saturated rings. The van der Waals surface area contributed by atoms with Crippen LogP contribution in [0.1, 0.15) is 30.3 Å². The second-order valence-electron chi connectivity index (χ2n) is 5.11. The minimum Gasteiger partial charge on any atom is -0.477 e. The number of aryl methyl sites for hydroxylation is 1. The number of carbonyl (C=O) groups is 1. The van der Waals surface area contributed by atoms with Gasteiger partial charge in [-0.1, -0.05) is 6.92 Å². The van der Waals surface area contributed by atoms with Gasteiger partial charge in [0.15, 0.2) is 0 Å². The number of nitrogens with zero attached hydrogens (tertiary/aromatic N) is 2. The summed E-state index contributed by atoms with van der Waals surface area (Å²) in [6.07, 6.45) is 2.79. The first-order valence-electron chi connectivity index (χ1n) is 6.85. The fraction of sp³-hybridized carbons (Fsp3) is 0.615. The van der Waals surface area contributed by atoms with Gasteiger partial charge in [-0.3, -0.25) is 0 Å². The first-order valence-corrected chi connectivity index (χ1v) is 8.34. The molecule has 0 aliphatic carbocycles. The molecule has 0 aliphatic heterocycles. The zero-order chi connectivity index (χ0) is 16.0. The lowest BCUT2D eigenvalue weighted by Crippen LogP contribution is -2.27. The highest BCUT2D eigenvalue weighted by Gasteiger charge is 2.20. The van der Waals surface area contributed by atoms with Crippen LogP contribution in [0.25, 0.3) is 0 Å². The molecule has 0 spiro atoms. The maximum absolute atomic E-state index is 12.1. The minimum atomic E-state index is -3.66. The molecular weight excluding hydrogens is 294 g/mol. The van der Waals surface area contributed by atoms with Crippen molar-refractivity contribution in [3.63, 3.8) is 0 Å². The van der Waals surface area contributed by atoms with E-state index in [1.165, 1.54) is 16.8 Å². The van der Waals surface area contributed by atoms with Crippen molar-refractivity contribution in [2.75, 3.05) is 27.2 Å². The zero-order valence-electron chi connectivity index (χ0n) is 12.7. The summed E-state index contributed by atoms with van der Waals surface area (Å²) in [6, 6.07) is 1.20. The van der Waals surface area contributed by atoms with Gasteiger partial charge in [-0.2, -0.15) is 0 Å². The van der Waals surface area contributed by atoms with Crippen molar-refractivity contribution < 1.29 is 18.3 Å². The summed E-state index contributed by atoms with van der Waals surface area (Å²) < 4.78 is 28.2. The normalized spacial score (nSPS) is 12.0. The van der Waals surface area contributed by atoms with Crippen molar-refractivity contribution in [3.05, 3.63) is 18.0 Å². The van der Waals surface area contributed by atoms with Gasteiger partial charge in [0.25, 0.3) is 0 Å². The van der Waals surface area contributed by atoms with Crippen LogP contribution in [-0.2, 0) is 16.6 Å². The molecule has 1 aromatic heterocycles. The summed E-state index contributed by atoms with van der Waals surface area (Å²) in [4.78, 5) is 13.1. The van der Waals surface area contributed by atoms with Crippen LogP contribution in [0.3, 0.4) is 0 Å². The van der Waals surface area contributed by atoms with Crippen LogP contribution < -0.4 is 4.72 Å². The van der Waals surface area contributed by atoms with Gasteiger partial charge in [-0.05, 0) is 39.5 Å². The van der Waals surface area contributed by atoms with Crippen LogP contribution >= 0.6 is 0 Å². The Morgan fingerprint density at radius 3 is 2.62 bits per heavy atom. The van der Waals surface area contributed by atoms with Crippen molar-refractivity contribution >= 4 is 16.0 Å². The van der Waals surface area contributed by atoms with Crippen LogP contribution in [-0.4, -0.2) is 56.1 Å². The molecule has 0 saturated heterocycles. The molecule has 2 N–H and O–H groups in total. The number of hydrogen-bond acceptors (Lipinski definition) is 4. The van der Waals surface area contributed by atoms with Gasteiger partial charge in [0.2, 0.25) is 10.0 Å². The minimum absolute atomic E-state index is 0.00166. The van der Waals surface area contributed by atoms with Gasteiger partial charge >= 0.3 is 5.97 Å². The number of carboxylic acid groups (broad SMARTS) is 1. The smallest absolute Gasteiger partial charge is 0.352 e. The molecule has 1 aromatic rings. The van der Waals surface area contributed by atoms with E-state index in [0.29, 0.717) is 19.5 Å². The van der Waals surface area contributed by atoms with Gasteiger partial charge < -0.3 is 14.6 Å². The second-order valence-corrected chi connectivity index (χ2v) is 6.88. The van der Waals surface area contributed by atoms with Crippen molar-refractivity contribution in [2.24, 2.45) is 0 Å². The van der Waals surface area contributed by atoms with E-state index < -0.39 is 16.0 Å². The third kappa shape index (κ3) is 5.14. The Balaban J connectivity index is 2.83. The maximum Gasteiger partial charge on any atom is 0.352 e. The summed E-state index contributed by atoms with van der Waals surface area (Å²) in [7, 11) is 0.166. The van der Waals surface area contributed by atoms with Gasteiger partial charge in [0.1, 0.15) is 10.6 Å². The molecule has 8 heteroatoms. The molecule has 7 nitrogen and oxygen atoms in total. The van der Waals surface area contributed by atoms with Crippen molar-refractivity contribution in [2.45, 2.75) is 31.2 Å². The second kappa shape index (κ2) is 7.58. The predicted octanol–water partition coefficient (Wildman–Crippen LogP) is 0.826. The Bertz CT molecular complexity index is 578. The lowest BCUT2D eigenvalue weighted by atomic mass is 10.4. The molecule has 0 aromatic carbocycles. The first kappa shape index (κ1) is 17.7. The molecule has 0 unspecified atom stereocenters. The SMILES string of the molecule is CCCn1cc(S(=O)(=O)NCCCN(C)C)cc1C(=O)O. The number of rotatable bonds is 9. The van der Waals surface area contributed by atoms with E-state index in [1.54, 1.807) is 0 Å². The van der Waals surface area contributed by atoms with Crippen LogP contribution in [0, 0.1) is 0 Å². The topological polar surface area (TPSA) is 91.6 Å². The van der Waals surface area contributed by atoms with Crippen LogP contribution in [0.5, 0.6) is 0 Å². The van der Waals surface area contributed by atoms with E-state index in [-0.39, 0.29) is 10.6 Å². The molecular formula is C13H23N3O4S. The Morgan fingerprint density at radius 1 is 1.43 bits per heavy atom. The van der Waals surface area contributed by atoms with Crippen LogP contribution in [0.15, 0.2) is 17.2 Å². The standard InChI is InChI=1S/C13H23N3O4S/c1-4-7-16-10-11(9-12(16)13(17)18)21(19,20)14-6-5-8-15(2)3/h9-10,14H,4-8H2,1-3H3,(H,17,18). The van der Waals surface area contributed by atoms with E-state index in [2.05, 4.69) is 4.72 Å². The molecule has 21 heavy (non-hydrogen) atoms. The van der Waals surface area contributed by atoms with Gasteiger partial charge in [0.05, 0.1) is 0 Å². The highest BCUT2D eigenvalue weighted by Crippen LogP contribution is 2.15. The van der Waals surface area contributed by atoms with Crippen molar-refractivity contribution in [3.8, 4) is 0 Å². The molecule has 0 bridgehead atoms. The molecule has 0 saturated carbocycles. The number of nitrogens with one attached hydrogen (secondary N) is 1. The number of aromatic carboxylic acids is 1. The maximum atomic E-state index is 12.1. The number of carboxylic acids is 1. The highest BCUT2D eigenvalue weighted by molar-refractivity contribution is 7.89. The Kier molecular flexibility index (Phi) is 6.38. The van der Waals surface area contributed by atoms with Gasteiger partial charge in [-0.15, -0.1) is 0 Å². The molecule has 1 rings (SSSR count). The highest BCUT2D eigenvalue weighted by atomic mass is 32.2. The van der Waals surface area contributed by atoms with E-state index in [0.717, 1.165) is 13.0 Å². The van der Waals surface area contributed by atoms with E-state index >= 15 is 0 Å². The number of hydrogen-bond donors (Lipinski definition) is 2. The third-order valence-corrected chi connectivity index (χ3v) is 4.37. The fourth-order valence-corrected chi connectivity index (χ4v) is 3.03. The zero-order valence-corrected chi connectivity index (χ0v) is 13.5. The van der Waals surface area contributed by atoms with Gasteiger partial charge in [-0.25, -0.2) is 17.9 Å². The third-order valence-electron chi connectivity index (χ3n) is 2.94. The monoisotopic (exact) mass is 317 g/mol. The van der Waals surface area contributed by atoms with Gasteiger partial charge in [0, 0.05) is 19.3 Å². The lowest BCUT2D eigenvalue weighted by Gasteiger charge is -2.09. The average molecular weight is 317 g/mol. The van der Waals surface area contributed by atoms with E-state index in [4.69, 9.17) is 5.11 Å². The summed E-state index contributed by atoms with van der Waals surface area (Å²) >= 11 is 0. The Hall–Kier alpha value is -1.38. The first-order chi connectivity index (χ1) is 9.77. The fourth-order valence-electron chi connectivity index (χ4n) is 1.92. The molecule has 0 amide bonds. The van der Waals surface area contributed by atoms with Crippen molar-refractivity contribution in [1.29, 1.82) is 0 Å². The quantitative estimate of drug-likeness (QED) is 0.658. The van der Waals surface area contributed by atoms with Crippen LogP contribution in [0.4, 0.5) is 0 Å². The van der Waals surface area contributed by atoms with E-state index in [1.807, 2.05) is 25.9 Å². The molecule has 1 heterocycles. The molecule has 0 radical (unpaired) electrons. The summed E-state index contributed by atoms with van der Waals surface area (Å²) in [5.41, 5.74) is -0.00878. The summed E-state index contributed by atoms with van der Waals surface area (Å²) in [5, 5.41) is 9.10. The molecule has 0 atom stereocenters. The molecule has 0 aliphatic rings. The summed E-state index contributed by atoms with van der Waals surface area (Å²) in [5.74, 6) is -1.13. The van der Waals surface area contributed by atoms with Crippen molar-refractivity contribution in [1.82, 2.24) is 14.2 Å². The Labute approximate surface area is 125 Å². The average Bonchev–Trinajstić information content (AvgIpc) is 2.80. The largest absolute Gasteiger partial charge is 0.477 e. The predicted molar refractivity (Wildman–Crippen MR) is 80.0 cm³/mol. The number of sulfonamides is 1. The Morgan fingerprint density at radius 2 is 2.10 bits per heavy atom. The van der Waals surface area contributed by atoms with E-state index in [9.17, 15) is 13.2 Å². The number of aromatic nitrogens is 1. The molecule has 120 valence electrons. The lowest BCUT2D eigenvalue weighted by molar-refractivity contribution is 0.0685.